The first-order valence-electron chi connectivity index (χ1n) is 4.20. The van der Waals surface area contributed by atoms with E-state index in [1.54, 1.807) is 24.0 Å². The Morgan fingerprint density at radius 2 is 2.43 bits per heavy atom. The van der Waals surface area contributed by atoms with Gasteiger partial charge in [0.15, 0.2) is 5.65 Å². The van der Waals surface area contributed by atoms with Gasteiger partial charge in [-0.1, -0.05) is 0 Å². The molecule has 2 aromatic rings. The average Bonchev–Trinajstić information content (AvgIpc) is 2.56. The molecule has 5 heteroatoms. The van der Waals surface area contributed by atoms with Crippen LogP contribution in [-0.4, -0.2) is 32.2 Å². The van der Waals surface area contributed by atoms with Crippen molar-refractivity contribution in [3.63, 3.8) is 0 Å². The van der Waals surface area contributed by atoms with Crippen molar-refractivity contribution in [3.8, 4) is 0 Å². The maximum absolute atomic E-state index is 8.86. The summed E-state index contributed by atoms with van der Waals surface area (Å²) in [4.78, 5) is 4.14. The van der Waals surface area contributed by atoms with Crippen LogP contribution in [0.25, 0.3) is 11.0 Å². The molecule has 0 aliphatic rings. The summed E-state index contributed by atoms with van der Waals surface area (Å²) < 4.78 is 1.61. The number of rotatable bonds is 2. The van der Waals surface area contributed by atoms with Gasteiger partial charge in [-0.15, -0.1) is 0 Å². The van der Waals surface area contributed by atoms with Crippen LogP contribution in [-0.2, 0) is 7.05 Å². The van der Waals surface area contributed by atoms with E-state index >= 15 is 0 Å². The number of aromatic nitrogens is 3. The normalized spacial score (nSPS) is 10.7. The Morgan fingerprint density at radius 3 is 3.14 bits per heavy atom. The molecule has 2 aromatic heterocycles. The zero-order chi connectivity index (χ0) is 10.1. The Labute approximate surface area is 80.5 Å². The zero-order valence-corrected chi connectivity index (χ0v) is 7.73. The summed E-state index contributed by atoms with van der Waals surface area (Å²) in [6, 6.07) is 3.63. The Balaban J connectivity index is 2.72. The lowest BCUT2D eigenvalue weighted by molar-refractivity contribution is 0.357. The number of fused-ring (bicyclic) bond motifs is 1. The molecule has 0 aliphatic carbocycles. The first-order chi connectivity index (χ1) is 6.74. The smallest absolute Gasteiger partial charge is 0.158 e. The number of nitrogens with zero attached hydrogens (tertiary/aromatic N) is 3. The van der Waals surface area contributed by atoms with Crippen molar-refractivity contribution in [2.75, 3.05) is 6.61 Å². The Morgan fingerprint density at radius 1 is 1.64 bits per heavy atom. The molecular weight excluding hydrogens is 180 g/mol. The van der Waals surface area contributed by atoms with Gasteiger partial charge < -0.3 is 10.5 Å². The number of nitrogens with one attached hydrogen (secondary N) is 1. The minimum Gasteiger partial charge on any atom is -0.390 e. The van der Waals surface area contributed by atoms with E-state index in [0.717, 1.165) is 11.0 Å². The number of aryl methyl sites for hydroxylation is 1. The standard InChI is InChI=1S/C9H10N4O/c1-13-9-6(3-2-4-11-9)8(12-13)7(10)5-14/h2-4,10,14H,5H2,1H3. The fourth-order valence-corrected chi connectivity index (χ4v) is 1.39. The third-order valence-corrected chi connectivity index (χ3v) is 2.04. The van der Waals surface area contributed by atoms with E-state index in [2.05, 4.69) is 10.1 Å². The van der Waals surface area contributed by atoms with Gasteiger partial charge >= 0.3 is 0 Å². The molecule has 2 N–H and O–H groups in total. The van der Waals surface area contributed by atoms with E-state index in [0.29, 0.717) is 5.69 Å². The van der Waals surface area contributed by atoms with Crippen LogP contribution in [0.1, 0.15) is 5.69 Å². The molecule has 0 unspecified atom stereocenters. The maximum Gasteiger partial charge on any atom is 0.158 e. The van der Waals surface area contributed by atoms with Crippen LogP contribution in [0.5, 0.6) is 0 Å². The van der Waals surface area contributed by atoms with E-state index < -0.39 is 0 Å². The quantitative estimate of drug-likeness (QED) is 0.670. The van der Waals surface area contributed by atoms with Gasteiger partial charge in [-0.25, -0.2) is 9.67 Å². The molecule has 0 bridgehead atoms. The van der Waals surface area contributed by atoms with Crippen molar-refractivity contribution in [1.29, 1.82) is 5.41 Å². The first-order valence-corrected chi connectivity index (χ1v) is 4.20. The molecular formula is C9H10N4O. The average molecular weight is 190 g/mol. The zero-order valence-electron chi connectivity index (χ0n) is 7.73. The molecule has 0 saturated carbocycles. The fourth-order valence-electron chi connectivity index (χ4n) is 1.39. The van der Waals surface area contributed by atoms with Gasteiger partial charge in [-0.3, -0.25) is 0 Å². The molecule has 0 saturated heterocycles. The third kappa shape index (κ3) is 1.18. The highest BCUT2D eigenvalue weighted by molar-refractivity contribution is 6.07. The van der Waals surface area contributed by atoms with Gasteiger partial charge in [0.1, 0.15) is 5.69 Å². The topological polar surface area (TPSA) is 74.8 Å². The van der Waals surface area contributed by atoms with Crippen molar-refractivity contribution in [1.82, 2.24) is 14.8 Å². The molecule has 2 rings (SSSR count). The van der Waals surface area contributed by atoms with Crippen LogP contribution >= 0.6 is 0 Å². The minimum atomic E-state index is -0.305. The molecule has 5 nitrogen and oxygen atoms in total. The van der Waals surface area contributed by atoms with Gasteiger partial charge in [0, 0.05) is 18.6 Å². The summed E-state index contributed by atoms with van der Waals surface area (Å²) >= 11 is 0. The molecule has 0 radical (unpaired) electrons. The number of aliphatic hydroxyl groups excluding tert-OH is 1. The van der Waals surface area contributed by atoms with Crippen molar-refractivity contribution in [2.24, 2.45) is 7.05 Å². The molecule has 0 fully saturated rings. The number of pyridine rings is 1. The van der Waals surface area contributed by atoms with Crippen LogP contribution in [0.3, 0.4) is 0 Å². The van der Waals surface area contributed by atoms with E-state index in [-0.39, 0.29) is 12.3 Å². The van der Waals surface area contributed by atoms with E-state index in [1.165, 1.54) is 0 Å². The highest BCUT2D eigenvalue weighted by Crippen LogP contribution is 2.14. The van der Waals surface area contributed by atoms with Crippen molar-refractivity contribution < 1.29 is 5.11 Å². The van der Waals surface area contributed by atoms with E-state index in [9.17, 15) is 0 Å². The second-order valence-corrected chi connectivity index (χ2v) is 2.98. The second kappa shape index (κ2) is 3.19. The van der Waals surface area contributed by atoms with E-state index in [1.807, 2.05) is 6.07 Å². The highest BCUT2D eigenvalue weighted by atomic mass is 16.3. The summed E-state index contributed by atoms with van der Waals surface area (Å²) in [6.45, 7) is -0.305. The van der Waals surface area contributed by atoms with Crippen LogP contribution in [0.2, 0.25) is 0 Å². The predicted molar refractivity (Wildman–Crippen MR) is 52.4 cm³/mol. The lowest BCUT2D eigenvalue weighted by atomic mass is 10.2. The highest BCUT2D eigenvalue weighted by Gasteiger charge is 2.11. The largest absolute Gasteiger partial charge is 0.390 e. The van der Waals surface area contributed by atoms with Gasteiger partial charge in [0.05, 0.1) is 12.3 Å². The van der Waals surface area contributed by atoms with Crippen LogP contribution in [0.4, 0.5) is 0 Å². The number of aliphatic hydroxyl groups is 1. The minimum absolute atomic E-state index is 0.114. The summed E-state index contributed by atoms with van der Waals surface area (Å²) in [5.41, 5.74) is 1.34. The summed E-state index contributed by atoms with van der Waals surface area (Å²) in [5, 5.41) is 21.3. The SMILES string of the molecule is Cn1nc(C(=N)CO)c2cccnc21. The summed E-state index contributed by atoms with van der Waals surface area (Å²) in [6.07, 6.45) is 1.68. The van der Waals surface area contributed by atoms with Gasteiger partial charge in [0.25, 0.3) is 0 Å². The van der Waals surface area contributed by atoms with Crippen LogP contribution in [0.15, 0.2) is 18.3 Å². The van der Waals surface area contributed by atoms with Crippen molar-refractivity contribution in [2.45, 2.75) is 0 Å². The molecule has 72 valence electrons. The Bertz CT molecular complexity index is 489. The molecule has 0 amide bonds. The van der Waals surface area contributed by atoms with Crippen molar-refractivity contribution in [3.05, 3.63) is 24.0 Å². The lowest BCUT2D eigenvalue weighted by Gasteiger charge is -1.93. The van der Waals surface area contributed by atoms with Crippen molar-refractivity contribution >= 4 is 16.7 Å². The van der Waals surface area contributed by atoms with Gasteiger partial charge in [-0.05, 0) is 12.1 Å². The molecule has 0 aromatic carbocycles. The van der Waals surface area contributed by atoms with E-state index in [4.69, 9.17) is 10.5 Å². The second-order valence-electron chi connectivity index (χ2n) is 2.98. The Hall–Kier alpha value is -1.75. The maximum atomic E-state index is 8.86. The van der Waals surface area contributed by atoms with Gasteiger partial charge in [0.2, 0.25) is 0 Å². The fraction of sp³-hybridized carbons (Fsp3) is 0.222. The molecule has 14 heavy (non-hydrogen) atoms. The predicted octanol–water partition coefficient (Wildman–Crippen LogP) is 0.328. The molecule has 0 spiro atoms. The molecule has 0 aliphatic heterocycles. The number of hydrogen-bond donors (Lipinski definition) is 2. The molecule has 2 heterocycles. The summed E-state index contributed by atoms with van der Waals surface area (Å²) in [7, 11) is 1.77. The summed E-state index contributed by atoms with van der Waals surface area (Å²) in [5.74, 6) is 0. The molecule has 0 atom stereocenters. The van der Waals surface area contributed by atoms with Crippen LogP contribution in [0, 0.1) is 5.41 Å². The Kier molecular flexibility index (Phi) is 2.01. The monoisotopic (exact) mass is 190 g/mol. The lowest BCUT2D eigenvalue weighted by Crippen LogP contribution is -2.06. The van der Waals surface area contributed by atoms with Gasteiger partial charge in [-0.2, -0.15) is 5.10 Å². The first kappa shape index (κ1) is 8.83. The third-order valence-electron chi connectivity index (χ3n) is 2.04. The number of hydrogen-bond acceptors (Lipinski definition) is 4. The van der Waals surface area contributed by atoms with Crippen LogP contribution < -0.4 is 0 Å².